The monoisotopic (exact) mass is 332 g/mol. The average Bonchev–Trinajstić information content (AvgIpc) is 3.21. The normalized spacial score (nSPS) is 20.4. The molecule has 5 heteroatoms. The van der Waals surface area contributed by atoms with Crippen molar-refractivity contribution < 1.29 is 9.90 Å². The SMILES string of the molecule is O=C(O)c1cc(Br)cnc1NC1CC1c1ccccc1. The van der Waals surface area contributed by atoms with Gasteiger partial charge in [0.15, 0.2) is 0 Å². The van der Waals surface area contributed by atoms with Gasteiger partial charge >= 0.3 is 5.97 Å². The molecule has 1 saturated carbocycles. The molecular formula is C15H13BrN2O2. The highest BCUT2D eigenvalue weighted by Crippen LogP contribution is 2.42. The van der Waals surface area contributed by atoms with E-state index >= 15 is 0 Å². The van der Waals surface area contributed by atoms with Crippen LogP contribution in [-0.2, 0) is 0 Å². The van der Waals surface area contributed by atoms with E-state index in [2.05, 4.69) is 38.4 Å². The molecule has 1 aromatic carbocycles. The summed E-state index contributed by atoms with van der Waals surface area (Å²) >= 11 is 3.24. The molecule has 1 aromatic heterocycles. The highest BCUT2D eigenvalue weighted by atomic mass is 79.9. The van der Waals surface area contributed by atoms with Crippen LogP contribution >= 0.6 is 15.9 Å². The van der Waals surface area contributed by atoms with Crippen LogP contribution in [0.4, 0.5) is 5.82 Å². The lowest BCUT2D eigenvalue weighted by Crippen LogP contribution is -2.11. The Bertz CT molecular complexity index is 646. The zero-order valence-corrected chi connectivity index (χ0v) is 12.2. The van der Waals surface area contributed by atoms with Gasteiger partial charge in [-0.25, -0.2) is 9.78 Å². The Hall–Kier alpha value is -1.88. The van der Waals surface area contributed by atoms with E-state index in [-0.39, 0.29) is 11.6 Å². The summed E-state index contributed by atoms with van der Waals surface area (Å²) in [5, 5.41) is 12.4. The third-order valence-electron chi connectivity index (χ3n) is 3.43. The molecule has 2 N–H and O–H groups in total. The first kappa shape index (κ1) is 13.1. The lowest BCUT2D eigenvalue weighted by atomic mass is 10.1. The van der Waals surface area contributed by atoms with Crippen molar-refractivity contribution >= 4 is 27.7 Å². The van der Waals surface area contributed by atoms with Crippen LogP contribution < -0.4 is 5.32 Å². The van der Waals surface area contributed by atoms with Crippen LogP contribution in [0.25, 0.3) is 0 Å². The van der Waals surface area contributed by atoms with Crippen LogP contribution in [0.1, 0.15) is 28.3 Å². The molecule has 1 heterocycles. The molecule has 2 atom stereocenters. The summed E-state index contributed by atoms with van der Waals surface area (Å²) in [4.78, 5) is 15.4. The molecule has 2 unspecified atom stereocenters. The molecule has 0 saturated heterocycles. The van der Waals surface area contributed by atoms with Gasteiger partial charge < -0.3 is 10.4 Å². The highest BCUT2D eigenvalue weighted by molar-refractivity contribution is 9.10. The minimum atomic E-state index is -0.974. The number of carboxylic acids is 1. The summed E-state index contributed by atoms with van der Waals surface area (Å²) in [6.07, 6.45) is 2.61. The van der Waals surface area contributed by atoms with E-state index in [1.165, 1.54) is 5.56 Å². The fourth-order valence-electron chi connectivity index (χ4n) is 2.32. The Morgan fingerprint density at radius 3 is 2.80 bits per heavy atom. The van der Waals surface area contributed by atoms with E-state index in [0.717, 1.165) is 6.42 Å². The van der Waals surface area contributed by atoms with Crippen molar-refractivity contribution in [2.75, 3.05) is 5.32 Å². The highest BCUT2D eigenvalue weighted by Gasteiger charge is 2.39. The average molecular weight is 333 g/mol. The lowest BCUT2D eigenvalue weighted by molar-refractivity contribution is 0.0697. The zero-order valence-electron chi connectivity index (χ0n) is 10.6. The Labute approximate surface area is 125 Å². The predicted molar refractivity (Wildman–Crippen MR) is 80.1 cm³/mol. The van der Waals surface area contributed by atoms with Gasteiger partial charge in [0, 0.05) is 22.6 Å². The number of nitrogens with zero attached hydrogens (tertiary/aromatic N) is 1. The molecule has 0 bridgehead atoms. The summed E-state index contributed by atoms with van der Waals surface area (Å²) < 4.78 is 0.663. The number of carboxylic acid groups (broad SMARTS) is 1. The molecule has 3 rings (SSSR count). The van der Waals surface area contributed by atoms with Crippen LogP contribution in [-0.4, -0.2) is 22.1 Å². The van der Waals surface area contributed by atoms with Crippen molar-refractivity contribution in [3.63, 3.8) is 0 Å². The van der Waals surface area contributed by atoms with Crippen molar-refractivity contribution in [1.82, 2.24) is 4.98 Å². The number of anilines is 1. The second-order valence-electron chi connectivity index (χ2n) is 4.86. The predicted octanol–water partition coefficient (Wildman–Crippen LogP) is 3.51. The number of benzene rings is 1. The van der Waals surface area contributed by atoms with Crippen LogP contribution in [0.2, 0.25) is 0 Å². The van der Waals surface area contributed by atoms with Crippen molar-refractivity contribution in [2.24, 2.45) is 0 Å². The van der Waals surface area contributed by atoms with Gasteiger partial charge in [-0.2, -0.15) is 0 Å². The Morgan fingerprint density at radius 2 is 2.10 bits per heavy atom. The van der Waals surface area contributed by atoms with Gasteiger partial charge in [0.2, 0.25) is 0 Å². The zero-order chi connectivity index (χ0) is 14.1. The van der Waals surface area contributed by atoms with E-state index < -0.39 is 5.97 Å². The summed E-state index contributed by atoms with van der Waals surface area (Å²) in [7, 11) is 0. The minimum Gasteiger partial charge on any atom is -0.478 e. The number of aromatic carboxylic acids is 1. The molecule has 20 heavy (non-hydrogen) atoms. The maximum absolute atomic E-state index is 11.2. The van der Waals surface area contributed by atoms with Gasteiger partial charge in [0.1, 0.15) is 11.4 Å². The summed E-state index contributed by atoms with van der Waals surface area (Å²) in [6, 6.07) is 12.0. The van der Waals surface area contributed by atoms with E-state index in [4.69, 9.17) is 0 Å². The standard InChI is InChI=1S/C15H13BrN2O2/c16-10-6-12(15(19)20)14(17-8-10)18-13-7-11(13)9-4-2-1-3-5-9/h1-6,8,11,13H,7H2,(H,17,18)(H,19,20). The lowest BCUT2D eigenvalue weighted by Gasteiger charge is -2.08. The topological polar surface area (TPSA) is 62.2 Å². The molecule has 0 amide bonds. The van der Waals surface area contributed by atoms with E-state index in [0.29, 0.717) is 16.2 Å². The number of hydrogen-bond donors (Lipinski definition) is 2. The first-order valence-corrected chi connectivity index (χ1v) is 7.15. The molecule has 0 spiro atoms. The Morgan fingerprint density at radius 1 is 1.35 bits per heavy atom. The van der Waals surface area contributed by atoms with Crippen molar-refractivity contribution in [3.8, 4) is 0 Å². The number of pyridine rings is 1. The van der Waals surface area contributed by atoms with Gasteiger partial charge in [-0.3, -0.25) is 0 Å². The molecule has 102 valence electrons. The van der Waals surface area contributed by atoms with Crippen molar-refractivity contribution in [1.29, 1.82) is 0 Å². The molecule has 0 radical (unpaired) electrons. The summed E-state index contributed by atoms with van der Waals surface area (Å²) in [5.41, 5.74) is 1.47. The smallest absolute Gasteiger partial charge is 0.339 e. The number of hydrogen-bond acceptors (Lipinski definition) is 3. The number of nitrogens with one attached hydrogen (secondary N) is 1. The maximum Gasteiger partial charge on any atom is 0.339 e. The number of rotatable bonds is 4. The molecule has 0 aliphatic heterocycles. The molecule has 1 aliphatic carbocycles. The number of carbonyl (C=O) groups is 1. The maximum atomic E-state index is 11.2. The summed E-state index contributed by atoms with van der Waals surface area (Å²) in [6.45, 7) is 0. The largest absolute Gasteiger partial charge is 0.478 e. The van der Waals surface area contributed by atoms with E-state index in [1.807, 2.05) is 18.2 Å². The third-order valence-corrected chi connectivity index (χ3v) is 3.86. The fourth-order valence-corrected chi connectivity index (χ4v) is 2.65. The van der Waals surface area contributed by atoms with Gasteiger partial charge in [-0.05, 0) is 34.0 Å². The van der Waals surface area contributed by atoms with Gasteiger partial charge in [-0.15, -0.1) is 0 Å². The van der Waals surface area contributed by atoms with Crippen LogP contribution in [0.5, 0.6) is 0 Å². The van der Waals surface area contributed by atoms with Crippen LogP contribution in [0, 0.1) is 0 Å². The quantitative estimate of drug-likeness (QED) is 0.899. The second-order valence-corrected chi connectivity index (χ2v) is 5.77. The summed E-state index contributed by atoms with van der Waals surface area (Å²) in [5.74, 6) is -0.106. The number of halogens is 1. The molecule has 1 aliphatic rings. The second kappa shape index (κ2) is 5.25. The first-order valence-electron chi connectivity index (χ1n) is 6.35. The molecular weight excluding hydrogens is 320 g/mol. The Balaban J connectivity index is 1.76. The number of aromatic nitrogens is 1. The molecule has 2 aromatic rings. The Kier molecular flexibility index (Phi) is 3.44. The van der Waals surface area contributed by atoms with Crippen LogP contribution in [0.3, 0.4) is 0 Å². The fraction of sp³-hybridized carbons (Fsp3) is 0.200. The molecule has 1 fully saturated rings. The minimum absolute atomic E-state index is 0.193. The van der Waals surface area contributed by atoms with E-state index in [9.17, 15) is 9.90 Å². The third kappa shape index (κ3) is 2.67. The van der Waals surface area contributed by atoms with Crippen LogP contribution in [0.15, 0.2) is 47.1 Å². The molecule has 4 nitrogen and oxygen atoms in total. The van der Waals surface area contributed by atoms with Gasteiger partial charge in [0.05, 0.1) is 0 Å². The first-order chi connectivity index (χ1) is 9.65. The van der Waals surface area contributed by atoms with Crippen molar-refractivity contribution in [3.05, 3.63) is 58.2 Å². The van der Waals surface area contributed by atoms with Crippen molar-refractivity contribution in [2.45, 2.75) is 18.4 Å². The van der Waals surface area contributed by atoms with Gasteiger partial charge in [-0.1, -0.05) is 30.3 Å². The van der Waals surface area contributed by atoms with E-state index in [1.54, 1.807) is 12.3 Å². The van der Waals surface area contributed by atoms with Gasteiger partial charge in [0.25, 0.3) is 0 Å².